The zero-order valence-electron chi connectivity index (χ0n) is 16.4. The van der Waals surface area contributed by atoms with Gasteiger partial charge in [0, 0.05) is 18.4 Å². The van der Waals surface area contributed by atoms with Gasteiger partial charge < -0.3 is 15.0 Å². The standard InChI is InChI=1S/C22H23N3O3S/c1-15-6-3-4-8-17(15)14-29-22-24-18(12-21(27)25-22)11-20(26)23-13-16-7-5-9-19(10-16)28-2/h3-10,12H,11,13-14H2,1-2H3,(H,23,26)(H,24,25,27). The number of carbonyl (C=O) groups is 1. The molecular weight excluding hydrogens is 386 g/mol. The van der Waals surface area contributed by atoms with Crippen molar-refractivity contribution in [3.63, 3.8) is 0 Å². The minimum atomic E-state index is -0.261. The van der Waals surface area contributed by atoms with Gasteiger partial charge in [-0.2, -0.15) is 0 Å². The van der Waals surface area contributed by atoms with E-state index in [0.29, 0.717) is 23.1 Å². The lowest BCUT2D eigenvalue weighted by molar-refractivity contribution is -0.120. The Morgan fingerprint density at radius 3 is 2.79 bits per heavy atom. The molecular formula is C22H23N3O3S. The number of rotatable bonds is 8. The Kier molecular flexibility index (Phi) is 7.08. The van der Waals surface area contributed by atoms with Gasteiger partial charge in [0.1, 0.15) is 5.75 Å². The third-order valence-electron chi connectivity index (χ3n) is 4.36. The molecule has 1 amide bonds. The molecule has 6 nitrogen and oxygen atoms in total. The number of carbonyl (C=O) groups excluding carboxylic acids is 1. The van der Waals surface area contributed by atoms with Gasteiger partial charge in [-0.25, -0.2) is 4.98 Å². The molecule has 1 heterocycles. The van der Waals surface area contributed by atoms with Crippen LogP contribution in [0.1, 0.15) is 22.4 Å². The summed E-state index contributed by atoms with van der Waals surface area (Å²) in [6, 6.07) is 16.9. The Bertz CT molecular complexity index is 1050. The number of benzene rings is 2. The number of methoxy groups -OCH3 is 1. The molecule has 0 spiro atoms. The van der Waals surface area contributed by atoms with Crippen LogP contribution in [0.25, 0.3) is 0 Å². The molecule has 7 heteroatoms. The molecule has 3 aromatic rings. The van der Waals surface area contributed by atoms with E-state index in [1.807, 2.05) is 36.4 Å². The molecule has 29 heavy (non-hydrogen) atoms. The van der Waals surface area contributed by atoms with Crippen molar-refractivity contribution in [1.29, 1.82) is 0 Å². The fourth-order valence-electron chi connectivity index (χ4n) is 2.77. The summed E-state index contributed by atoms with van der Waals surface area (Å²) in [7, 11) is 1.60. The van der Waals surface area contributed by atoms with Gasteiger partial charge in [0.25, 0.3) is 5.56 Å². The molecule has 0 fully saturated rings. The Balaban J connectivity index is 1.59. The molecule has 2 N–H and O–H groups in total. The predicted molar refractivity (Wildman–Crippen MR) is 114 cm³/mol. The molecule has 0 atom stereocenters. The van der Waals surface area contributed by atoms with E-state index in [1.165, 1.54) is 29.0 Å². The number of hydrogen-bond acceptors (Lipinski definition) is 5. The maximum Gasteiger partial charge on any atom is 0.251 e. The van der Waals surface area contributed by atoms with Gasteiger partial charge in [0.2, 0.25) is 5.91 Å². The molecule has 0 saturated carbocycles. The van der Waals surface area contributed by atoms with Gasteiger partial charge in [-0.15, -0.1) is 0 Å². The highest BCUT2D eigenvalue weighted by Gasteiger charge is 2.09. The van der Waals surface area contributed by atoms with Crippen LogP contribution in [-0.2, 0) is 23.5 Å². The van der Waals surface area contributed by atoms with E-state index < -0.39 is 0 Å². The summed E-state index contributed by atoms with van der Waals surface area (Å²) < 4.78 is 5.18. The van der Waals surface area contributed by atoms with Gasteiger partial charge in [0.05, 0.1) is 19.2 Å². The highest BCUT2D eigenvalue weighted by Crippen LogP contribution is 2.20. The first-order valence-corrected chi connectivity index (χ1v) is 10.2. The number of aromatic amines is 1. The van der Waals surface area contributed by atoms with Crippen molar-refractivity contribution >= 4 is 17.7 Å². The summed E-state index contributed by atoms with van der Waals surface area (Å²) in [5.74, 6) is 1.24. The van der Waals surface area contributed by atoms with Crippen LogP contribution in [0.4, 0.5) is 0 Å². The van der Waals surface area contributed by atoms with Crippen molar-refractivity contribution in [2.45, 2.75) is 30.8 Å². The number of aryl methyl sites for hydroxylation is 1. The lowest BCUT2D eigenvalue weighted by Gasteiger charge is -2.08. The molecule has 0 aliphatic heterocycles. The summed E-state index contributed by atoms with van der Waals surface area (Å²) in [6.45, 7) is 2.43. The van der Waals surface area contributed by atoms with Gasteiger partial charge >= 0.3 is 0 Å². The Hall–Kier alpha value is -3.06. The fourth-order valence-corrected chi connectivity index (χ4v) is 3.74. The fraction of sp³-hybridized carbons (Fsp3) is 0.227. The molecule has 0 unspecified atom stereocenters. The van der Waals surface area contributed by atoms with Crippen molar-refractivity contribution in [2.75, 3.05) is 7.11 Å². The van der Waals surface area contributed by atoms with Crippen LogP contribution >= 0.6 is 11.8 Å². The third-order valence-corrected chi connectivity index (χ3v) is 5.29. The summed E-state index contributed by atoms with van der Waals surface area (Å²) >= 11 is 1.45. The first-order valence-electron chi connectivity index (χ1n) is 9.20. The van der Waals surface area contributed by atoms with Crippen molar-refractivity contribution in [3.8, 4) is 5.75 Å². The van der Waals surface area contributed by atoms with E-state index in [9.17, 15) is 9.59 Å². The number of nitrogens with one attached hydrogen (secondary N) is 2. The van der Waals surface area contributed by atoms with Crippen LogP contribution in [0.3, 0.4) is 0 Å². The third kappa shape index (κ3) is 6.22. The zero-order valence-corrected chi connectivity index (χ0v) is 17.2. The first-order chi connectivity index (χ1) is 14.0. The van der Waals surface area contributed by atoms with E-state index in [1.54, 1.807) is 7.11 Å². The van der Waals surface area contributed by atoms with Gasteiger partial charge in [-0.1, -0.05) is 48.2 Å². The Labute approximate surface area is 173 Å². The Morgan fingerprint density at radius 1 is 1.17 bits per heavy atom. The second-order valence-corrected chi connectivity index (χ2v) is 7.53. The van der Waals surface area contributed by atoms with Crippen molar-refractivity contribution < 1.29 is 9.53 Å². The van der Waals surface area contributed by atoms with E-state index in [-0.39, 0.29) is 17.9 Å². The first kappa shape index (κ1) is 20.7. The van der Waals surface area contributed by atoms with Crippen molar-refractivity contribution in [2.24, 2.45) is 0 Å². The summed E-state index contributed by atoms with van der Waals surface area (Å²) in [4.78, 5) is 31.4. The number of ether oxygens (including phenoxy) is 1. The molecule has 0 aliphatic carbocycles. The van der Waals surface area contributed by atoms with Crippen LogP contribution in [0, 0.1) is 6.92 Å². The largest absolute Gasteiger partial charge is 0.497 e. The van der Waals surface area contributed by atoms with Gasteiger partial charge in [0.15, 0.2) is 5.16 Å². The monoisotopic (exact) mass is 409 g/mol. The molecule has 0 aliphatic rings. The van der Waals surface area contributed by atoms with E-state index in [2.05, 4.69) is 34.3 Å². The number of hydrogen-bond donors (Lipinski definition) is 2. The normalized spacial score (nSPS) is 10.6. The van der Waals surface area contributed by atoms with E-state index >= 15 is 0 Å². The zero-order chi connectivity index (χ0) is 20.6. The van der Waals surface area contributed by atoms with E-state index in [0.717, 1.165) is 11.3 Å². The van der Waals surface area contributed by atoms with Gasteiger partial charge in [-0.05, 0) is 35.7 Å². The van der Waals surface area contributed by atoms with Crippen LogP contribution in [0.5, 0.6) is 5.75 Å². The number of nitrogens with zero attached hydrogens (tertiary/aromatic N) is 1. The minimum absolute atomic E-state index is 0.0474. The van der Waals surface area contributed by atoms with Crippen molar-refractivity contribution in [3.05, 3.63) is 87.3 Å². The molecule has 0 radical (unpaired) electrons. The smallest absolute Gasteiger partial charge is 0.251 e. The molecule has 2 aromatic carbocycles. The van der Waals surface area contributed by atoms with Crippen LogP contribution in [-0.4, -0.2) is 23.0 Å². The number of thioether (sulfide) groups is 1. The van der Waals surface area contributed by atoms with Crippen LogP contribution in [0.2, 0.25) is 0 Å². The highest BCUT2D eigenvalue weighted by atomic mass is 32.2. The average molecular weight is 410 g/mol. The summed E-state index contributed by atoms with van der Waals surface area (Å²) in [5.41, 5.74) is 3.50. The topological polar surface area (TPSA) is 84.1 Å². The number of H-pyrrole nitrogens is 1. The lowest BCUT2D eigenvalue weighted by atomic mass is 10.1. The summed E-state index contributed by atoms with van der Waals surface area (Å²) in [5, 5.41) is 3.36. The molecule has 3 rings (SSSR count). The summed E-state index contributed by atoms with van der Waals surface area (Å²) in [6.07, 6.45) is 0.0474. The van der Waals surface area contributed by atoms with Crippen molar-refractivity contribution in [1.82, 2.24) is 15.3 Å². The maximum absolute atomic E-state index is 12.3. The minimum Gasteiger partial charge on any atom is -0.497 e. The highest BCUT2D eigenvalue weighted by molar-refractivity contribution is 7.98. The van der Waals surface area contributed by atoms with Crippen LogP contribution in [0.15, 0.2) is 64.5 Å². The molecule has 0 bridgehead atoms. The Morgan fingerprint density at radius 2 is 2.00 bits per heavy atom. The van der Waals surface area contributed by atoms with Gasteiger partial charge in [-0.3, -0.25) is 9.59 Å². The number of amides is 1. The second kappa shape index (κ2) is 9.93. The average Bonchev–Trinajstić information content (AvgIpc) is 2.71. The second-order valence-electron chi connectivity index (χ2n) is 6.56. The predicted octanol–water partition coefficient (Wildman–Crippen LogP) is 3.24. The molecule has 1 aromatic heterocycles. The van der Waals surface area contributed by atoms with E-state index in [4.69, 9.17) is 4.74 Å². The van der Waals surface area contributed by atoms with Crippen LogP contribution < -0.4 is 15.6 Å². The quantitative estimate of drug-likeness (QED) is 0.441. The molecule has 150 valence electrons. The molecule has 0 saturated heterocycles. The number of aromatic nitrogens is 2. The lowest BCUT2D eigenvalue weighted by Crippen LogP contribution is -2.25. The maximum atomic E-state index is 12.3. The SMILES string of the molecule is COc1cccc(CNC(=O)Cc2cc(=O)[nH]c(SCc3ccccc3C)n2)c1.